The largest absolute Gasteiger partial charge is 0.353 e. The first-order valence-corrected chi connectivity index (χ1v) is 14.2. The fourth-order valence-electron chi connectivity index (χ4n) is 5.72. The Morgan fingerprint density at radius 3 is 2.39 bits per heavy atom. The van der Waals surface area contributed by atoms with Crippen LogP contribution in [0.25, 0.3) is 0 Å². The van der Waals surface area contributed by atoms with Crippen LogP contribution in [0, 0.1) is 6.92 Å². The Bertz CT molecular complexity index is 1220. The van der Waals surface area contributed by atoms with E-state index in [1.54, 1.807) is 29.3 Å². The number of nitrogens with zero attached hydrogens (tertiary/aromatic N) is 4. The molecule has 192 valence electrons. The molecule has 36 heavy (non-hydrogen) atoms. The first kappa shape index (κ1) is 24.5. The minimum absolute atomic E-state index is 0.0539. The second kappa shape index (κ2) is 9.72. The highest BCUT2D eigenvalue weighted by Gasteiger charge is 2.64. The van der Waals surface area contributed by atoms with E-state index in [4.69, 9.17) is 0 Å². The maximum Gasteiger partial charge on any atom is 0.319 e. The highest BCUT2D eigenvalue weighted by atomic mass is 32.2. The summed E-state index contributed by atoms with van der Waals surface area (Å²) in [4.78, 5) is 35.1. The number of pyridine rings is 1. The zero-order valence-electron chi connectivity index (χ0n) is 20.6. The van der Waals surface area contributed by atoms with E-state index in [2.05, 4.69) is 15.2 Å². The molecule has 0 spiro atoms. The van der Waals surface area contributed by atoms with Crippen molar-refractivity contribution in [3.8, 4) is 0 Å². The molecule has 2 saturated heterocycles. The SMILES string of the molecule is Cc1ccnc(N2CCN(C(=O)C3(S(=O)(=O)c4ccccc4)CNC(=O)N3C3CCCCC3)CC2)c1. The number of carbonyl (C=O) groups excluding carboxylic acids is 2. The molecule has 2 aromatic rings. The van der Waals surface area contributed by atoms with E-state index in [0.717, 1.165) is 30.6 Å². The van der Waals surface area contributed by atoms with E-state index in [-0.39, 0.29) is 17.5 Å². The molecule has 3 heterocycles. The lowest BCUT2D eigenvalue weighted by molar-refractivity contribution is -0.138. The minimum Gasteiger partial charge on any atom is -0.353 e. The van der Waals surface area contributed by atoms with Gasteiger partial charge in [-0.3, -0.25) is 9.69 Å². The third-order valence-electron chi connectivity index (χ3n) is 7.65. The number of anilines is 1. The zero-order valence-corrected chi connectivity index (χ0v) is 21.4. The Labute approximate surface area is 212 Å². The van der Waals surface area contributed by atoms with Gasteiger partial charge in [0, 0.05) is 38.4 Å². The quantitative estimate of drug-likeness (QED) is 0.662. The molecule has 3 aliphatic rings. The molecule has 1 aromatic heterocycles. The lowest BCUT2D eigenvalue weighted by atomic mass is 9.93. The second-order valence-electron chi connectivity index (χ2n) is 9.89. The summed E-state index contributed by atoms with van der Waals surface area (Å²) in [7, 11) is -4.23. The van der Waals surface area contributed by atoms with Crippen LogP contribution in [-0.2, 0) is 14.6 Å². The normalized spacial score (nSPS) is 23.6. The van der Waals surface area contributed by atoms with Gasteiger partial charge in [0.15, 0.2) is 0 Å². The number of sulfone groups is 1. The van der Waals surface area contributed by atoms with Gasteiger partial charge in [-0.2, -0.15) is 0 Å². The number of carbonyl (C=O) groups is 2. The molecule has 3 fully saturated rings. The number of aromatic nitrogens is 1. The number of aryl methyl sites for hydroxylation is 1. The standard InChI is InChI=1S/C26H33N5O4S/c1-20-12-13-27-23(18-20)29-14-16-30(17-15-29)24(32)26(36(34,35)22-10-6-3-7-11-22)19-28-25(33)31(26)21-8-4-2-5-9-21/h3,6-7,10-13,18,21H,2,4-5,8-9,14-17,19H2,1H3,(H,28,33). The van der Waals surface area contributed by atoms with E-state index in [1.807, 2.05) is 19.1 Å². The number of nitrogens with one attached hydrogen (secondary N) is 1. The summed E-state index contributed by atoms with van der Waals surface area (Å²) in [5.74, 6) is 0.322. The van der Waals surface area contributed by atoms with Crippen molar-refractivity contribution in [2.45, 2.75) is 54.8 Å². The summed E-state index contributed by atoms with van der Waals surface area (Å²) in [6.45, 7) is 3.54. The Kier molecular flexibility index (Phi) is 6.63. The predicted octanol–water partition coefficient (Wildman–Crippen LogP) is 2.57. The van der Waals surface area contributed by atoms with E-state index in [1.165, 1.54) is 17.0 Å². The second-order valence-corrected chi connectivity index (χ2v) is 12.0. The number of hydrogen-bond donors (Lipinski definition) is 1. The van der Waals surface area contributed by atoms with Crippen molar-refractivity contribution in [1.82, 2.24) is 20.1 Å². The molecule has 1 atom stereocenters. The Hall–Kier alpha value is -3.14. The van der Waals surface area contributed by atoms with Crippen LogP contribution in [0.2, 0.25) is 0 Å². The molecule has 3 amide bonds. The smallest absolute Gasteiger partial charge is 0.319 e. The van der Waals surface area contributed by atoms with Crippen molar-refractivity contribution in [3.63, 3.8) is 0 Å². The number of amides is 3. The average Bonchev–Trinajstić information content (AvgIpc) is 3.28. The predicted molar refractivity (Wildman–Crippen MR) is 136 cm³/mol. The van der Waals surface area contributed by atoms with Crippen molar-refractivity contribution >= 4 is 27.6 Å². The Balaban J connectivity index is 1.49. The molecule has 5 rings (SSSR count). The summed E-state index contributed by atoms with van der Waals surface area (Å²) in [6.07, 6.45) is 6.02. The lowest BCUT2D eigenvalue weighted by Crippen LogP contribution is -2.67. The maximum absolute atomic E-state index is 14.3. The molecule has 1 saturated carbocycles. The van der Waals surface area contributed by atoms with Crippen molar-refractivity contribution in [2.75, 3.05) is 37.6 Å². The molecular weight excluding hydrogens is 478 g/mol. The van der Waals surface area contributed by atoms with Crippen molar-refractivity contribution in [1.29, 1.82) is 0 Å². The molecule has 2 aliphatic heterocycles. The third-order valence-corrected chi connectivity index (χ3v) is 9.95. The van der Waals surface area contributed by atoms with Gasteiger partial charge in [0.1, 0.15) is 5.82 Å². The van der Waals surface area contributed by atoms with Crippen LogP contribution in [0.5, 0.6) is 0 Å². The molecule has 10 heteroatoms. The average molecular weight is 512 g/mol. The van der Waals surface area contributed by atoms with Gasteiger partial charge < -0.3 is 15.1 Å². The highest BCUT2D eigenvalue weighted by molar-refractivity contribution is 7.93. The van der Waals surface area contributed by atoms with Crippen molar-refractivity contribution in [3.05, 3.63) is 54.2 Å². The fraction of sp³-hybridized carbons (Fsp3) is 0.500. The minimum atomic E-state index is -4.23. The number of hydrogen-bond acceptors (Lipinski definition) is 6. The van der Waals surface area contributed by atoms with Gasteiger partial charge in [0.25, 0.3) is 5.91 Å². The first-order valence-electron chi connectivity index (χ1n) is 12.7. The van der Waals surface area contributed by atoms with Gasteiger partial charge >= 0.3 is 6.03 Å². The summed E-state index contributed by atoms with van der Waals surface area (Å²) >= 11 is 0. The molecular formula is C26H33N5O4S. The van der Waals surface area contributed by atoms with Gasteiger partial charge in [-0.05, 0) is 49.6 Å². The van der Waals surface area contributed by atoms with Gasteiger partial charge in [-0.15, -0.1) is 0 Å². The van der Waals surface area contributed by atoms with Crippen LogP contribution in [0.15, 0.2) is 53.6 Å². The summed E-state index contributed by atoms with van der Waals surface area (Å²) in [6, 6.07) is 11.2. The molecule has 0 bridgehead atoms. The van der Waals surface area contributed by atoms with Crippen LogP contribution < -0.4 is 10.2 Å². The number of urea groups is 1. The summed E-state index contributed by atoms with van der Waals surface area (Å²) in [5, 5.41) is 2.73. The fourth-order valence-corrected chi connectivity index (χ4v) is 7.74. The van der Waals surface area contributed by atoms with E-state index in [9.17, 15) is 18.0 Å². The van der Waals surface area contributed by atoms with E-state index in [0.29, 0.717) is 39.0 Å². The number of benzene rings is 1. The number of piperazine rings is 1. The monoisotopic (exact) mass is 511 g/mol. The van der Waals surface area contributed by atoms with Gasteiger partial charge in [0.05, 0.1) is 11.4 Å². The summed E-state index contributed by atoms with van der Waals surface area (Å²) < 4.78 is 28.5. The van der Waals surface area contributed by atoms with Gasteiger partial charge in [0.2, 0.25) is 14.7 Å². The summed E-state index contributed by atoms with van der Waals surface area (Å²) in [5.41, 5.74) is 1.10. The molecule has 9 nitrogen and oxygen atoms in total. The highest BCUT2D eigenvalue weighted by Crippen LogP contribution is 2.39. The van der Waals surface area contributed by atoms with Crippen LogP contribution >= 0.6 is 0 Å². The van der Waals surface area contributed by atoms with Crippen LogP contribution in [0.3, 0.4) is 0 Å². The molecule has 1 aromatic carbocycles. The Morgan fingerprint density at radius 1 is 1.03 bits per heavy atom. The van der Waals surface area contributed by atoms with Crippen molar-refractivity contribution < 1.29 is 18.0 Å². The Morgan fingerprint density at radius 2 is 1.72 bits per heavy atom. The van der Waals surface area contributed by atoms with Crippen LogP contribution in [-0.4, -0.2) is 78.8 Å². The first-order chi connectivity index (χ1) is 17.3. The van der Waals surface area contributed by atoms with Gasteiger partial charge in [-0.1, -0.05) is 37.5 Å². The topological polar surface area (TPSA) is 103 Å². The molecule has 1 unspecified atom stereocenters. The van der Waals surface area contributed by atoms with Crippen LogP contribution in [0.1, 0.15) is 37.7 Å². The van der Waals surface area contributed by atoms with E-state index < -0.39 is 26.6 Å². The maximum atomic E-state index is 14.3. The van der Waals surface area contributed by atoms with Crippen molar-refractivity contribution in [2.24, 2.45) is 0 Å². The molecule has 1 aliphatic carbocycles. The van der Waals surface area contributed by atoms with Gasteiger partial charge in [-0.25, -0.2) is 18.2 Å². The lowest BCUT2D eigenvalue weighted by Gasteiger charge is -2.45. The number of rotatable bonds is 5. The third kappa shape index (κ3) is 4.11. The van der Waals surface area contributed by atoms with Crippen LogP contribution in [0.4, 0.5) is 10.6 Å². The molecule has 1 N–H and O–H groups in total. The zero-order chi connectivity index (χ0) is 25.3. The van der Waals surface area contributed by atoms with E-state index >= 15 is 0 Å². The molecule has 0 radical (unpaired) electrons.